The van der Waals surface area contributed by atoms with Crippen LogP contribution in [0.1, 0.15) is 30.9 Å². The molecule has 0 bridgehead atoms. The van der Waals surface area contributed by atoms with Crippen molar-refractivity contribution in [1.29, 1.82) is 0 Å². The van der Waals surface area contributed by atoms with Crippen LogP contribution in [-0.2, 0) is 11.4 Å². The second kappa shape index (κ2) is 7.01. The summed E-state index contributed by atoms with van der Waals surface area (Å²) in [5.74, 6) is -0.351. The highest BCUT2D eigenvalue weighted by molar-refractivity contribution is 5.80. The molecule has 1 rings (SSSR count). The Morgan fingerprint density at radius 3 is 2.72 bits per heavy atom. The molecule has 0 aliphatic carbocycles. The zero-order valence-corrected chi connectivity index (χ0v) is 11.1. The first-order valence-electron chi connectivity index (χ1n) is 6.32. The van der Waals surface area contributed by atoms with Crippen LogP contribution in [0.4, 0.5) is 5.69 Å². The third-order valence-corrected chi connectivity index (χ3v) is 2.87. The van der Waals surface area contributed by atoms with Crippen molar-refractivity contribution >= 4 is 11.6 Å². The Hall–Kier alpha value is -1.55. The number of primary amides is 1. The summed E-state index contributed by atoms with van der Waals surface area (Å²) in [6.07, 6.45) is 2.04. The van der Waals surface area contributed by atoms with Crippen LogP contribution in [0.2, 0.25) is 0 Å². The van der Waals surface area contributed by atoms with E-state index in [1.807, 2.05) is 30.0 Å². The van der Waals surface area contributed by atoms with Crippen molar-refractivity contribution < 1.29 is 9.90 Å². The first-order valence-corrected chi connectivity index (χ1v) is 6.32. The molecular weight excluding hydrogens is 228 g/mol. The minimum Gasteiger partial charge on any atom is -0.392 e. The molecule has 0 aliphatic rings. The fourth-order valence-electron chi connectivity index (χ4n) is 1.97. The van der Waals surface area contributed by atoms with Gasteiger partial charge in [-0.25, -0.2) is 0 Å². The van der Waals surface area contributed by atoms with E-state index in [1.165, 1.54) is 0 Å². The molecule has 0 unspecified atom stereocenters. The number of nitrogens with zero attached hydrogens (tertiary/aromatic N) is 1. The highest BCUT2D eigenvalue weighted by Gasteiger charge is 2.12. The Morgan fingerprint density at radius 2 is 2.17 bits per heavy atom. The van der Waals surface area contributed by atoms with Crippen LogP contribution >= 0.6 is 0 Å². The van der Waals surface area contributed by atoms with Gasteiger partial charge in [0.05, 0.1) is 13.2 Å². The van der Waals surface area contributed by atoms with Crippen LogP contribution in [-0.4, -0.2) is 24.1 Å². The summed E-state index contributed by atoms with van der Waals surface area (Å²) in [5.41, 5.74) is 8.11. The second-order valence-corrected chi connectivity index (χ2v) is 4.53. The zero-order chi connectivity index (χ0) is 13.5. The van der Waals surface area contributed by atoms with Crippen molar-refractivity contribution in [2.75, 3.05) is 18.0 Å². The molecule has 4 nitrogen and oxygen atoms in total. The molecule has 0 heterocycles. The summed E-state index contributed by atoms with van der Waals surface area (Å²) in [6, 6.07) is 5.86. The predicted octanol–water partition coefficient (Wildman–Crippen LogP) is 1.58. The standard InChI is InChI=1S/C14H22N2O2/c1-3-4-7-16(9-14(15)18)13-6-5-11(2)8-12(13)10-17/h5-6,8,17H,3-4,7,9-10H2,1-2H3,(H2,15,18). The van der Waals surface area contributed by atoms with E-state index in [1.54, 1.807) is 0 Å². The van der Waals surface area contributed by atoms with Crippen LogP contribution in [0.5, 0.6) is 0 Å². The monoisotopic (exact) mass is 250 g/mol. The summed E-state index contributed by atoms with van der Waals surface area (Å²) >= 11 is 0. The number of carbonyl (C=O) groups is 1. The highest BCUT2D eigenvalue weighted by atomic mass is 16.3. The van der Waals surface area contributed by atoms with Gasteiger partial charge in [0.2, 0.25) is 5.91 Å². The number of amides is 1. The topological polar surface area (TPSA) is 66.6 Å². The SMILES string of the molecule is CCCCN(CC(N)=O)c1ccc(C)cc1CO. The minimum atomic E-state index is -0.351. The minimum absolute atomic E-state index is 0.0294. The van der Waals surface area contributed by atoms with Gasteiger partial charge >= 0.3 is 0 Å². The van der Waals surface area contributed by atoms with Gasteiger partial charge in [0, 0.05) is 17.8 Å². The van der Waals surface area contributed by atoms with Gasteiger partial charge in [-0.2, -0.15) is 0 Å². The van der Waals surface area contributed by atoms with Crippen molar-refractivity contribution in [3.05, 3.63) is 29.3 Å². The largest absolute Gasteiger partial charge is 0.392 e. The second-order valence-electron chi connectivity index (χ2n) is 4.53. The number of rotatable bonds is 7. The molecule has 0 saturated heterocycles. The van der Waals surface area contributed by atoms with Gasteiger partial charge in [0.15, 0.2) is 0 Å². The van der Waals surface area contributed by atoms with E-state index in [4.69, 9.17) is 5.73 Å². The van der Waals surface area contributed by atoms with Crippen molar-refractivity contribution in [1.82, 2.24) is 0 Å². The Morgan fingerprint density at radius 1 is 1.44 bits per heavy atom. The molecular formula is C14H22N2O2. The Kier molecular flexibility index (Phi) is 5.65. The number of unbranched alkanes of at least 4 members (excludes halogenated alkanes) is 1. The van der Waals surface area contributed by atoms with Crippen molar-refractivity contribution in [3.63, 3.8) is 0 Å². The average Bonchev–Trinajstić information content (AvgIpc) is 2.34. The number of aliphatic hydroxyl groups is 1. The summed E-state index contributed by atoms with van der Waals surface area (Å²) < 4.78 is 0. The van der Waals surface area contributed by atoms with Crippen LogP contribution in [0, 0.1) is 6.92 Å². The van der Waals surface area contributed by atoms with Crippen LogP contribution in [0.15, 0.2) is 18.2 Å². The molecule has 4 heteroatoms. The van der Waals surface area contributed by atoms with E-state index < -0.39 is 0 Å². The van der Waals surface area contributed by atoms with Crippen LogP contribution < -0.4 is 10.6 Å². The number of benzene rings is 1. The van der Waals surface area contributed by atoms with Crippen LogP contribution in [0.3, 0.4) is 0 Å². The number of aliphatic hydroxyl groups excluding tert-OH is 1. The Balaban J connectivity index is 2.98. The molecule has 0 spiro atoms. The lowest BCUT2D eigenvalue weighted by Crippen LogP contribution is -2.35. The van der Waals surface area contributed by atoms with E-state index in [9.17, 15) is 9.90 Å². The molecule has 3 N–H and O–H groups in total. The molecule has 18 heavy (non-hydrogen) atoms. The summed E-state index contributed by atoms with van der Waals surface area (Å²) in [6.45, 7) is 5.02. The summed E-state index contributed by atoms with van der Waals surface area (Å²) in [5, 5.41) is 9.41. The lowest BCUT2D eigenvalue weighted by Gasteiger charge is -2.25. The number of hydrogen-bond acceptors (Lipinski definition) is 3. The van der Waals surface area contributed by atoms with Crippen molar-refractivity contribution in [2.24, 2.45) is 5.73 Å². The van der Waals surface area contributed by atoms with Gasteiger partial charge < -0.3 is 15.7 Å². The van der Waals surface area contributed by atoms with Gasteiger partial charge in [-0.15, -0.1) is 0 Å². The summed E-state index contributed by atoms with van der Waals surface area (Å²) in [7, 11) is 0. The molecule has 0 radical (unpaired) electrons. The van der Waals surface area contributed by atoms with E-state index in [-0.39, 0.29) is 19.1 Å². The molecule has 0 fully saturated rings. The third-order valence-electron chi connectivity index (χ3n) is 2.87. The van der Waals surface area contributed by atoms with Gasteiger partial charge in [0.1, 0.15) is 0 Å². The normalized spacial score (nSPS) is 10.4. The van der Waals surface area contributed by atoms with Crippen LogP contribution in [0.25, 0.3) is 0 Å². The van der Waals surface area contributed by atoms with Crippen molar-refractivity contribution in [3.8, 4) is 0 Å². The van der Waals surface area contributed by atoms with Crippen molar-refractivity contribution in [2.45, 2.75) is 33.3 Å². The fourth-order valence-corrected chi connectivity index (χ4v) is 1.97. The predicted molar refractivity (Wildman–Crippen MR) is 73.4 cm³/mol. The van der Waals surface area contributed by atoms with Gasteiger partial charge in [0.25, 0.3) is 0 Å². The number of hydrogen-bond donors (Lipinski definition) is 2. The summed E-state index contributed by atoms with van der Waals surface area (Å²) in [4.78, 5) is 13.1. The number of carbonyl (C=O) groups excluding carboxylic acids is 1. The fraction of sp³-hybridized carbons (Fsp3) is 0.500. The lowest BCUT2D eigenvalue weighted by atomic mass is 10.1. The molecule has 0 atom stereocenters. The number of anilines is 1. The van der Waals surface area contributed by atoms with Gasteiger partial charge in [-0.05, 0) is 19.4 Å². The Bertz CT molecular complexity index is 405. The lowest BCUT2D eigenvalue weighted by molar-refractivity contribution is -0.116. The maximum Gasteiger partial charge on any atom is 0.236 e. The van der Waals surface area contributed by atoms with Gasteiger partial charge in [-0.1, -0.05) is 31.0 Å². The molecule has 0 saturated carbocycles. The van der Waals surface area contributed by atoms with E-state index in [2.05, 4.69) is 6.92 Å². The number of aryl methyl sites for hydroxylation is 1. The smallest absolute Gasteiger partial charge is 0.236 e. The number of nitrogens with two attached hydrogens (primary N) is 1. The third kappa shape index (κ3) is 4.04. The molecule has 0 aliphatic heterocycles. The molecule has 0 aromatic heterocycles. The highest BCUT2D eigenvalue weighted by Crippen LogP contribution is 2.22. The first kappa shape index (κ1) is 14.5. The van der Waals surface area contributed by atoms with E-state index in [0.717, 1.165) is 36.2 Å². The van der Waals surface area contributed by atoms with E-state index >= 15 is 0 Å². The maximum atomic E-state index is 11.1. The molecule has 1 aromatic carbocycles. The first-order chi connectivity index (χ1) is 8.58. The van der Waals surface area contributed by atoms with Gasteiger partial charge in [-0.3, -0.25) is 4.79 Å². The van der Waals surface area contributed by atoms with E-state index in [0.29, 0.717) is 0 Å². The molecule has 1 amide bonds. The maximum absolute atomic E-state index is 11.1. The molecule has 1 aromatic rings. The Labute approximate surface area is 108 Å². The molecule has 100 valence electrons. The average molecular weight is 250 g/mol. The quantitative estimate of drug-likeness (QED) is 0.772. The zero-order valence-electron chi connectivity index (χ0n) is 11.1.